The minimum atomic E-state index is 0.507. The molecule has 1 fully saturated rings. The Kier molecular flexibility index (Phi) is 5.54. The summed E-state index contributed by atoms with van der Waals surface area (Å²) in [6, 6.07) is 11.3. The number of nitrogens with one attached hydrogen (secondary N) is 1. The first kappa shape index (κ1) is 17.5. The first-order chi connectivity index (χ1) is 12.8. The molecule has 1 saturated carbocycles. The van der Waals surface area contributed by atoms with Crippen LogP contribution >= 0.6 is 0 Å². The van der Waals surface area contributed by atoms with E-state index in [4.69, 9.17) is 5.73 Å². The summed E-state index contributed by atoms with van der Waals surface area (Å²) < 4.78 is 0. The zero-order chi connectivity index (χ0) is 17.8. The van der Waals surface area contributed by atoms with Crippen LogP contribution in [-0.2, 0) is 12.8 Å². The molecule has 26 heavy (non-hydrogen) atoms. The van der Waals surface area contributed by atoms with Gasteiger partial charge in [0.05, 0.1) is 0 Å². The summed E-state index contributed by atoms with van der Waals surface area (Å²) >= 11 is 0. The Hall–Kier alpha value is -1.87. The predicted octanol–water partition coefficient (Wildman–Crippen LogP) is 4.47. The topological polar surface area (TPSA) is 50.9 Å². The second-order valence-corrected chi connectivity index (χ2v) is 8.19. The zero-order valence-corrected chi connectivity index (χ0v) is 15.7. The van der Waals surface area contributed by atoms with Crippen molar-refractivity contribution in [1.82, 2.24) is 10.3 Å². The molecule has 3 N–H and O–H groups in total. The molecule has 4 rings (SSSR count). The molecule has 2 aliphatic carbocycles. The van der Waals surface area contributed by atoms with E-state index in [1.54, 1.807) is 0 Å². The van der Waals surface area contributed by atoms with Crippen LogP contribution in [0.15, 0.2) is 42.7 Å². The summed E-state index contributed by atoms with van der Waals surface area (Å²) in [4.78, 5) is 4.32. The third kappa shape index (κ3) is 4.09. The SMILES string of the molecule is Nc1ccc2c(c1)CCC(NCC1CCCCC1)C2Cc1cccnc1. The highest BCUT2D eigenvalue weighted by molar-refractivity contribution is 5.48. The van der Waals surface area contributed by atoms with Crippen molar-refractivity contribution in [1.29, 1.82) is 0 Å². The van der Waals surface area contributed by atoms with E-state index < -0.39 is 0 Å². The highest BCUT2D eigenvalue weighted by Crippen LogP contribution is 2.36. The molecule has 1 aromatic heterocycles. The van der Waals surface area contributed by atoms with Crippen molar-refractivity contribution in [3.05, 3.63) is 59.4 Å². The molecular weight excluding hydrogens is 318 g/mol. The fourth-order valence-corrected chi connectivity index (χ4v) is 4.91. The maximum Gasteiger partial charge on any atom is 0.0316 e. The number of nitrogen functional groups attached to an aromatic ring is 1. The molecule has 0 radical (unpaired) electrons. The lowest BCUT2D eigenvalue weighted by molar-refractivity contribution is 0.301. The van der Waals surface area contributed by atoms with Gasteiger partial charge >= 0.3 is 0 Å². The van der Waals surface area contributed by atoms with Crippen LogP contribution in [0.3, 0.4) is 0 Å². The number of rotatable bonds is 5. The van der Waals surface area contributed by atoms with Crippen LogP contribution in [0, 0.1) is 5.92 Å². The van der Waals surface area contributed by atoms with Gasteiger partial charge in [-0.2, -0.15) is 0 Å². The monoisotopic (exact) mass is 349 g/mol. The molecule has 3 heteroatoms. The van der Waals surface area contributed by atoms with Gasteiger partial charge in [0.1, 0.15) is 0 Å². The predicted molar refractivity (Wildman–Crippen MR) is 108 cm³/mol. The first-order valence-corrected chi connectivity index (χ1v) is 10.3. The highest BCUT2D eigenvalue weighted by Gasteiger charge is 2.30. The standard InChI is InChI=1S/C23H31N3/c24-20-9-10-21-19(14-20)8-11-23(26-16-17-5-2-1-3-6-17)22(21)13-18-7-4-12-25-15-18/h4,7,9-10,12,14-15,17,22-23,26H,1-3,5-6,8,11,13,16,24H2. The second-order valence-electron chi connectivity index (χ2n) is 8.19. The molecular formula is C23H31N3. The normalized spacial score (nSPS) is 23.5. The molecule has 138 valence electrons. The van der Waals surface area contributed by atoms with Gasteiger partial charge in [-0.05, 0) is 79.5 Å². The molecule has 3 nitrogen and oxygen atoms in total. The van der Waals surface area contributed by atoms with Gasteiger partial charge in [0.25, 0.3) is 0 Å². The average molecular weight is 350 g/mol. The number of fused-ring (bicyclic) bond motifs is 1. The van der Waals surface area contributed by atoms with Gasteiger partial charge in [-0.1, -0.05) is 31.4 Å². The molecule has 2 aliphatic rings. The van der Waals surface area contributed by atoms with E-state index in [0.29, 0.717) is 12.0 Å². The van der Waals surface area contributed by atoms with Crippen LogP contribution < -0.4 is 11.1 Å². The summed E-state index contributed by atoms with van der Waals surface area (Å²) in [5.74, 6) is 1.38. The Morgan fingerprint density at radius 1 is 1.08 bits per heavy atom. The van der Waals surface area contributed by atoms with Gasteiger partial charge in [-0.3, -0.25) is 4.98 Å². The number of nitrogens with two attached hydrogens (primary N) is 1. The zero-order valence-electron chi connectivity index (χ0n) is 15.7. The number of benzene rings is 1. The Morgan fingerprint density at radius 2 is 1.96 bits per heavy atom. The van der Waals surface area contributed by atoms with Crippen molar-refractivity contribution in [3.63, 3.8) is 0 Å². The molecule has 0 aliphatic heterocycles. The Bertz CT molecular complexity index is 707. The van der Waals surface area contributed by atoms with Gasteiger partial charge in [0.15, 0.2) is 0 Å². The third-order valence-electron chi connectivity index (χ3n) is 6.35. The van der Waals surface area contributed by atoms with E-state index >= 15 is 0 Å². The molecule has 0 bridgehead atoms. The molecule has 0 amide bonds. The van der Waals surface area contributed by atoms with Crippen molar-refractivity contribution < 1.29 is 0 Å². The smallest absolute Gasteiger partial charge is 0.0316 e. The van der Waals surface area contributed by atoms with Crippen molar-refractivity contribution in [2.24, 2.45) is 5.92 Å². The van der Waals surface area contributed by atoms with E-state index in [9.17, 15) is 0 Å². The van der Waals surface area contributed by atoms with Crippen molar-refractivity contribution in [2.45, 2.75) is 63.3 Å². The molecule has 1 heterocycles. The Labute approximate surface area is 157 Å². The molecule has 2 unspecified atom stereocenters. The first-order valence-electron chi connectivity index (χ1n) is 10.3. The van der Waals surface area contributed by atoms with Crippen LogP contribution in [0.5, 0.6) is 0 Å². The maximum absolute atomic E-state index is 6.05. The van der Waals surface area contributed by atoms with Gasteiger partial charge in [-0.25, -0.2) is 0 Å². The lowest BCUT2D eigenvalue weighted by Gasteiger charge is -2.36. The van der Waals surface area contributed by atoms with Crippen LogP contribution in [0.2, 0.25) is 0 Å². The van der Waals surface area contributed by atoms with Crippen molar-refractivity contribution >= 4 is 5.69 Å². The van der Waals surface area contributed by atoms with Gasteiger partial charge < -0.3 is 11.1 Å². The van der Waals surface area contributed by atoms with Gasteiger partial charge in [0.2, 0.25) is 0 Å². The quantitative estimate of drug-likeness (QED) is 0.783. The van der Waals surface area contributed by atoms with Gasteiger partial charge in [-0.15, -0.1) is 0 Å². The number of nitrogens with zero attached hydrogens (tertiary/aromatic N) is 1. The van der Waals surface area contributed by atoms with Crippen LogP contribution in [0.1, 0.15) is 61.1 Å². The van der Waals surface area contributed by atoms with Crippen molar-refractivity contribution in [2.75, 3.05) is 12.3 Å². The third-order valence-corrected chi connectivity index (χ3v) is 6.35. The number of aromatic nitrogens is 1. The fraction of sp³-hybridized carbons (Fsp3) is 0.522. The van der Waals surface area contributed by atoms with Crippen LogP contribution in [0.4, 0.5) is 5.69 Å². The largest absolute Gasteiger partial charge is 0.399 e. The maximum atomic E-state index is 6.05. The Morgan fingerprint density at radius 3 is 2.77 bits per heavy atom. The highest BCUT2D eigenvalue weighted by atomic mass is 14.9. The number of hydrogen-bond donors (Lipinski definition) is 2. The lowest BCUT2D eigenvalue weighted by atomic mass is 9.76. The fourth-order valence-electron chi connectivity index (χ4n) is 4.91. The molecule has 2 atom stereocenters. The van der Waals surface area contributed by atoms with E-state index in [1.165, 1.54) is 61.8 Å². The minimum Gasteiger partial charge on any atom is -0.399 e. The Balaban J connectivity index is 1.52. The van der Waals surface area contributed by atoms with Crippen LogP contribution in [-0.4, -0.2) is 17.6 Å². The van der Waals surface area contributed by atoms with E-state index in [1.807, 2.05) is 18.5 Å². The minimum absolute atomic E-state index is 0.507. The second kappa shape index (κ2) is 8.22. The van der Waals surface area contributed by atoms with Crippen LogP contribution in [0.25, 0.3) is 0 Å². The number of anilines is 1. The van der Waals surface area contributed by atoms with E-state index in [-0.39, 0.29) is 0 Å². The number of aryl methyl sites for hydroxylation is 1. The van der Waals surface area contributed by atoms with E-state index in [0.717, 1.165) is 24.4 Å². The summed E-state index contributed by atoms with van der Waals surface area (Å²) in [6.45, 7) is 1.18. The number of pyridine rings is 1. The summed E-state index contributed by atoms with van der Waals surface area (Å²) in [6.07, 6.45) is 14.3. The molecule has 2 aromatic rings. The summed E-state index contributed by atoms with van der Waals surface area (Å²) in [5, 5.41) is 3.97. The molecule has 0 saturated heterocycles. The van der Waals surface area contributed by atoms with Gasteiger partial charge in [0, 0.05) is 30.0 Å². The molecule has 1 aromatic carbocycles. The average Bonchev–Trinajstić information content (AvgIpc) is 2.69. The van der Waals surface area contributed by atoms with E-state index in [2.05, 4.69) is 34.6 Å². The summed E-state index contributed by atoms with van der Waals surface area (Å²) in [7, 11) is 0. The number of hydrogen-bond acceptors (Lipinski definition) is 3. The molecule has 0 spiro atoms. The van der Waals surface area contributed by atoms with Crippen molar-refractivity contribution in [3.8, 4) is 0 Å². The summed E-state index contributed by atoms with van der Waals surface area (Å²) in [5.41, 5.74) is 11.2. The lowest BCUT2D eigenvalue weighted by Crippen LogP contribution is -2.41.